The Morgan fingerprint density at radius 1 is 1.24 bits per heavy atom. The third-order valence-corrected chi connectivity index (χ3v) is 6.33. The lowest BCUT2D eigenvalue weighted by Crippen LogP contribution is -2.35. The van der Waals surface area contributed by atoms with E-state index >= 15 is 0 Å². The normalized spacial score (nSPS) is 15.6. The fraction of sp³-hybridized carbons (Fsp3) is 0.588. The van der Waals surface area contributed by atoms with Gasteiger partial charge in [-0.2, -0.15) is 4.31 Å². The van der Waals surface area contributed by atoms with Crippen molar-refractivity contribution in [3.05, 3.63) is 18.2 Å². The molecule has 1 aromatic rings. The molecule has 1 aliphatic heterocycles. The topological polar surface area (TPSA) is 64.7 Å². The maximum Gasteiger partial charge on any atom is 0.243 e. The van der Waals surface area contributed by atoms with E-state index in [9.17, 15) is 8.42 Å². The molecule has 1 fully saturated rings. The highest BCUT2D eigenvalue weighted by molar-refractivity contribution is 7.89. The summed E-state index contributed by atoms with van der Waals surface area (Å²) in [6.45, 7) is 4.02. The van der Waals surface area contributed by atoms with Gasteiger partial charge in [0.05, 0.1) is 16.3 Å². The first-order valence-corrected chi connectivity index (χ1v) is 10.6. The lowest BCUT2D eigenvalue weighted by molar-refractivity contribution is 0.346. The number of thiocarbonyl (C=S) groups is 1. The fourth-order valence-electron chi connectivity index (χ4n) is 2.83. The van der Waals surface area contributed by atoms with Crippen LogP contribution in [0.2, 0.25) is 0 Å². The van der Waals surface area contributed by atoms with E-state index in [0.29, 0.717) is 28.8 Å². The number of nitrogens with one attached hydrogen (secondary N) is 2. The average Bonchev–Trinajstić information content (AvgIpc) is 2.60. The van der Waals surface area contributed by atoms with Gasteiger partial charge in [-0.05, 0) is 49.7 Å². The van der Waals surface area contributed by atoms with Gasteiger partial charge in [-0.15, -0.1) is 0 Å². The molecule has 0 bridgehead atoms. The Hall–Kier alpha value is -1.38. The molecule has 0 radical (unpaired) electrons. The number of nitrogens with zero attached hydrogens (tertiary/aromatic N) is 2. The van der Waals surface area contributed by atoms with E-state index in [2.05, 4.69) is 17.6 Å². The van der Waals surface area contributed by atoms with Crippen molar-refractivity contribution in [1.29, 1.82) is 0 Å². The van der Waals surface area contributed by atoms with Crippen molar-refractivity contribution >= 4 is 38.7 Å². The zero-order valence-corrected chi connectivity index (χ0v) is 16.8. The molecule has 1 aromatic carbocycles. The first-order chi connectivity index (χ1) is 11.9. The van der Waals surface area contributed by atoms with Crippen LogP contribution in [0.5, 0.6) is 0 Å². The maximum atomic E-state index is 12.9. The molecule has 0 amide bonds. The first kappa shape index (κ1) is 19.9. The Bertz CT molecular complexity index is 699. The molecule has 2 N–H and O–H groups in total. The minimum absolute atomic E-state index is 0.306. The van der Waals surface area contributed by atoms with Gasteiger partial charge in [0.25, 0.3) is 0 Å². The van der Waals surface area contributed by atoms with Gasteiger partial charge in [-0.25, -0.2) is 8.42 Å². The van der Waals surface area contributed by atoms with Gasteiger partial charge in [0.2, 0.25) is 10.0 Å². The highest BCUT2D eigenvalue weighted by Crippen LogP contribution is 2.30. The maximum absolute atomic E-state index is 12.9. The molecule has 0 spiro atoms. The summed E-state index contributed by atoms with van der Waals surface area (Å²) < 4.78 is 27.4. The quantitative estimate of drug-likeness (QED) is 0.735. The smallest absolute Gasteiger partial charge is 0.243 e. The number of anilines is 2. The van der Waals surface area contributed by atoms with Crippen LogP contribution in [0.3, 0.4) is 0 Å². The number of rotatable bonds is 6. The largest absolute Gasteiger partial charge is 0.376 e. The van der Waals surface area contributed by atoms with Crippen LogP contribution in [0.1, 0.15) is 32.6 Å². The first-order valence-electron chi connectivity index (χ1n) is 8.72. The van der Waals surface area contributed by atoms with Crippen molar-refractivity contribution in [2.24, 2.45) is 0 Å². The molecule has 0 aromatic heterocycles. The molecule has 0 saturated carbocycles. The Balaban J connectivity index is 2.31. The molecular weight excluding hydrogens is 356 g/mol. The molecule has 25 heavy (non-hydrogen) atoms. The summed E-state index contributed by atoms with van der Waals surface area (Å²) in [6.07, 6.45) is 3.90. The molecule has 0 atom stereocenters. The van der Waals surface area contributed by atoms with Crippen molar-refractivity contribution in [3.63, 3.8) is 0 Å². The molecule has 1 heterocycles. The van der Waals surface area contributed by atoms with Crippen LogP contribution in [-0.4, -0.2) is 51.6 Å². The standard InChI is InChI=1S/C17H28N4O2S2/c1-4-10-18-17(24)19-15-13-14(8-9-16(15)20(2)3)25(22,23)21-11-6-5-7-12-21/h8-9,13H,4-7,10-12H2,1-3H3,(H2,18,19,24). The summed E-state index contributed by atoms with van der Waals surface area (Å²) in [4.78, 5) is 2.24. The minimum atomic E-state index is -3.47. The summed E-state index contributed by atoms with van der Waals surface area (Å²) in [5.74, 6) is 0. The van der Waals surface area contributed by atoms with E-state index in [4.69, 9.17) is 12.2 Å². The SMILES string of the molecule is CCCNC(=S)Nc1cc(S(=O)(=O)N2CCCCC2)ccc1N(C)C. The monoisotopic (exact) mass is 384 g/mol. The van der Waals surface area contributed by atoms with Crippen LogP contribution >= 0.6 is 12.2 Å². The van der Waals surface area contributed by atoms with Gasteiger partial charge in [0.15, 0.2) is 5.11 Å². The second-order valence-corrected chi connectivity index (χ2v) is 8.77. The van der Waals surface area contributed by atoms with E-state index in [1.54, 1.807) is 16.4 Å². The van der Waals surface area contributed by atoms with Crippen LogP contribution in [0, 0.1) is 0 Å². The number of benzene rings is 1. The van der Waals surface area contributed by atoms with Gasteiger partial charge >= 0.3 is 0 Å². The van der Waals surface area contributed by atoms with Crippen molar-refractivity contribution in [2.75, 3.05) is 43.9 Å². The zero-order chi connectivity index (χ0) is 18.4. The Labute approximate surface area is 156 Å². The summed E-state index contributed by atoms with van der Waals surface area (Å²) >= 11 is 5.31. The van der Waals surface area contributed by atoms with Gasteiger partial charge < -0.3 is 15.5 Å². The number of sulfonamides is 1. The summed E-state index contributed by atoms with van der Waals surface area (Å²) in [6, 6.07) is 5.17. The number of hydrogen-bond acceptors (Lipinski definition) is 4. The van der Waals surface area contributed by atoms with E-state index < -0.39 is 10.0 Å². The second kappa shape index (κ2) is 8.82. The lowest BCUT2D eigenvalue weighted by Gasteiger charge is -2.27. The Morgan fingerprint density at radius 2 is 1.92 bits per heavy atom. The number of piperidine rings is 1. The molecular formula is C17H28N4O2S2. The minimum Gasteiger partial charge on any atom is -0.376 e. The van der Waals surface area contributed by atoms with Gasteiger partial charge in [-0.1, -0.05) is 13.3 Å². The third-order valence-electron chi connectivity index (χ3n) is 4.19. The van der Waals surface area contributed by atoms with E-state index in [1.165, 1.54) is 0 Å². The second-order valence-electron chi connectivity index (χ2n) is 6.42. The molecule has 1 aliphatic rings. The molecule has 2 rings (SSSR count). The Morgan fingerprint density at radius 3 is 2.52 bits per heavy atom. The lowest BCUT2D eigenvalue weighted by atomic mass is 10.2. The molecule has 0 aliphatic carbocycles. The van der Waals surface area contributed by atoms with Crippen LogP contribution in [0.25, 0.3) is 0 Å². The van der Waals surface area contributed by atoms with Crippen molar-refractivity contribution < 1.29 is 8.42 Å². The zero-order valence-electron chi connectivity index (χ0n) is 15.2. The van der Waals surface area contributed by atoms with E-state index in [0.717, 1.165) is 37.9 Å². The number of hydrogen-bond donors (Lipinski definition) is 2. The summed E-state index contributed by atoms with van der Waals surface area (Å²) in [5, 5.41) is 6.75. The molecule has 6 nitrogen and oxygen atoms in total. The molecule has 140 valence electrons. The van der Waals surface area contributed by atoms with E-state index in [-0.39, 0.29) is 0 Å². The molecule has 0 unspecified atom stereocenters. The van der Waals surface area contributed by atoms with Crippen LogP contribution in [0.4, 0.5) is 11.4 Å². The average molecular weight is 385 g/mol. The van der Waals surface area contributed by atoms with Crippen LogP contribution in [-0.2, 0) is 10.0 Å². The summed E-state index contributed by atoms with van der Waals surface area (Å²) in [7, 11) is 0.368. The fourth-order valence-corrected chi connectivity index (χ4v) is 4.58. The Kier molecular flexibility index (Phi) is 7.04. The van der Waals surface area contributed by atoms with Crippen molar-refractivity contribution in [1.82, 2.24) is 9.62 Å². The van der Waals surface area contributed by atoms with Gasteiger partial charge in [0, 0.05) is 33.7 Å². The van der Waals surface area contributed by atoms with Crippen molar-refractivity contribution in [3.8, 4) is 0 Å². The predicted molar refractivity (Wildman–Crippen MR) is 108 cm³/mol. The van der Waals surface area contributed by atoms with Crippen LogP contribution < -0.4 is 15.5 Å². The third kappa shape index (κ3) is 5.05. The predicted octanol–water partition coefficient (Wildman–Crippen LogP) is 2.62. The van der Waals surface area contributed by atoms with Crippen molar-refractivity contribution in [2.45, 2.75) is 37.5 Å². The molecule has 1 saturated heterocycles. The summed E-state index contributed by atoms with van der Waals surface area (Å²) in [5.41, 5.74) is 1.58. The van der Waals surface area contributed by atoms with Gasteiger partial charge in [-0.3, -0.25) is 0 Å². The molecule has 8 heteroatoms. The van der Waals surface area contributed by atoms with Crippen LogP contribution in [0.15, 0.2) is 23.1 Å². The highest BCUT2D eigenvalue weighted by Gasteiger charge is 2.26. The van der Waals surface area contributed by atoms with E-state index in [1.807, 2.05) is 25.1 Å². The highest BCUT2D eigenvalue weighted by atomic mass is 32.2. The van der Waals surface area contributed by atoms with Gasteiger partial charge in [0.1, 0.15) is 0 Å².